The first-order chi connectivity index (χ1) is 12.3. The number of aromatic amines is 1. The Hall–Kier alpha value is -3.23. The fourth-order valence-electron chi connectivity index (χ4n) is 2.97. The zero-order chi connectivity index (χ0) is 18.5. The highest BCUT2D eigenvalue weighted by Gasteiger charge is 2.34. The van der Waals surface area contributed by atoms with Crippen LogP contribution in [0.1, 0.15) is 19.4 Å². The van der Waals surface area contributed by atoms with Crippen LogP contribution in [0.3, 0.4) is 0 Å². The Morgan fingerprint density at radius 2 is 2.12 bits per heavy atom. The molecule has 0 saturated heterocycles. The molecule has 3 aromatic rings. The zero-order valence-electron chi connectivity index (χ0n) is 13.8. The molecule has 0 bridgehead atoms. The van der Waals surface area contributed by atoms with Crippen molar-refractivity contribution in [2.45, 2.75) is 26.1 Å². The predicted molar refractivity (Wildman–Crippen MR) is 89.1 cm³/mol. The number of carbonyl (C=O) groups excluding carboxylic acids is 1. The number of aromatic nitrogens is 3. The summed E-state index contributed by atoms with van der Waals surface area (Å²) in [5, 5.41) is 2.64. The fraction of sp³-hybridized carbons (Fsp3) is 0.235. The van der Waals surface area contributed by atoms with Crippen molar-refractivity contribution in [2.75, 3.05) is 5.32 Å². The van der Waals surface area contributed by atoms with Gasteiger partial charge in [-0.15, -0.1) is 0 Å². The van der Waals surface area contributed by atoms with Crippen LogP contribution in [0.5, 0.6) is 5.75 Å². The number of pyridine rings is 1. The van der Waals surface area contributed by atoms with E-state index in [1.807, 2.05) is 6.07 Å². The molecule has 9 heteroatoms. The van der Waals surface area contributed by atoms with Crippen molar-refractivity contribution in [3.05, 3.63) is 36.2 Å². The van der Waals surface area contributed by atoms with Gasteiger partial charge in [0, 0.05) is 18.0 Å². The Balaban J connectivity index is 1.84. The van der Waals surface area contributed by atoms with E-state index in [2.05, 4.69) is 25.0 Å². The van der Waals surface area contributed by atoms with E-state index in [0.717, 1.165) is 5.56 Å². The number of hydrogen-bond donors (Lipinski definition) is 2. The SMILES string of the molecule is CC1(C)OC(=O)Nc2cc3nc(-c4cnccc4OC(F)F)[nH]c3cc21. The van der Waals surface area contributed by atoms with Gasteiger partial charge in [-0.1, -0.05) is 0 Å². The number of halogens is 2. The standard InChI is InChI=1S/C17H14F2N4O3/c1-17(2)9-5-11-12(6-10(9)23-16(24)26-17)22-14(21-11)8-7-20-4-3-13(8)25-15(18)19/h3-7,15H,1-2H3,(H,21,22)(H,23,24). The number of amides is 1. The highest BCUT2D eigenvalue weighted by Crippen LogP contribution is 2.38. The highest BCUT2D eigenvalue weighted by atomic mass is 19.3. The van der Waals surface area contributed by atoms with E-state index < -0.39 is 18.3 Å². The number of hydrogen-bond acceptors (Lipinski definition) is 5. The number of anilines is 1. The zero-order valence-corrected chi connectivity index (χ0v) is 13.8. The number of nitrogens with zero attached hydrogens (tertiary/aromatic N) is 2. The molecule has 134 valence electrons. The number of nitrogens with one attached hydrogen (secondary N) is 2. The summed E-state index contributed by atoms with van der Waals surface area (Å²) in [5.74, 6) is 0.298. The molecule has 0 saturated carbocycles. The topological polar surface area (TPSA) is 89.1 Å². The quantitative estimate of drug-likeness (QED) is 0.736. The summed E-state index contributed by atoms with van der Waals surface area (Å²) < 4.78 is 35.1. The lowest BCUT2D eigenvalue weighted by atomic mass is 9.94. The number of carbonyl (C=O) groups is 1. The molecule has 0 radical (unpaired) electrons. The molecule has 0 spiro atoms. The number of ether oxygens (including phenoxy) is 2. The summed E-state index contributed by atoms with van der Waals surface area (Å²) in [6.45, 7) is 0.605. The number of imidazole rings is 1. The van der Waals surface area contributed by atoms with Crippen LogP contribution in [0.2, 0.25) is 0 Å². The highest BCUT2D eigenvalue weighted by molar-refractivity contribution is 5.94. The van der Waals surface area contributed by atoms with E-state index in [1.54, 1.807) is 19.9 Å². The minimum Gasteiger partial charge on any atom is -0.438 e. The van der Waals surface area contributed by atoms with Gasteiger partial charge in [0.05, 0.1) is 22.3 Å². The van der Waals surface area contributed by atoms with Gasteiger partial charge in [0.25, 0.3) is 0 Å². The molecule has 1 aliphatic heterocycles. The predicted octanol–water partition coefficient (Wildman–Crippen LogP) is 4.02. The van der Waals surface area contributed by atoms with E-state index in [9.17, 15) is 13.6 Å². The second-order valence-corrected chi connectivity index (χ2v) is 6.28. The second-order valence-electron chi connectivity index (χ2n) is 6.28. The first kappa shape index (κ1) is 16.2. The Kier molecular flexibility index (Phi) is 3.53. The molecule has 26 heavy (non-hydrogen) atoms. The van der Waals surface area contributed by atoms with Gasteiger partial charge in [0.1, 0.15) is 17.2 Å². The minimum absolute atomic E-state index is 0.0317. The van der Waals surface area contributed by atoms with E-state index in [4.69, 9.17) is 4.74 Å². The van der Waals surface area contributed by atoms with Crippen LogP contribution in [0.15, 0.2) is 30.6 Å². The fourth-order valence-corrected chi connectivity index (χ4v) is 2.97. The van der Waals surface area contributed by atoms with E-state index in [-0.39, 0.29) is 5.75 Å². The number of H-pyrrole nitrogens is 1. The second kappa shape index (κ2) is 5.65. The average Bonchev–Trinajstić information content (AvgIpc) is 2.95. The Labute approximate surface area is 146 Å². The smallest absolute Gasteiger partial charge is 0.412 e. The summed E-state index contributed by atoms with van der Waals surface area (Å²) in [6.07, 6.45) is 2.21. The van der Waals surface area contributed by atoms with Gasteiger partial charge in [-0.2, -0.15) is 8.78 Å². The van der Waals surface area contributed by atoms with Crippen molar-refractivity contribution in [1.82, 2.24) is 15.0 Å². The van der Waals surface area contributed by atoms with Crippen molar-refractivity contribution in [2.24, 2.45) is 0 Å². The van der Waals surface area contributed by atoms with Gasteiger partial charge in [0.2, 0.25) is 0 Å². The van der Waals surface area contributed by atoms with Gasteiger partial charge < -0.3 is 14.5 Å². The number of fused-ring (bicyclic) bond motifs is 2. The third-order valence-electron chi connectivity index (χ3n) is 4.11. The molecule has 0 aliphatic carbocycles. The van der Waals surface area contributed by atoms with Crippen molar-refractivity contribution < 1.29 is 23.0 Å². The summed E-state index contributed by atoms with van der Waals surface area (Å²) in [5.41, 5.74) is 2.08. The summed E-state index contributed by atoms with van der Waals surface area (Å²) in [6, 6.07) is 4.86. The van der Waals surface area contributed by atoms with Gasteiger partial charge >= 0.3 is 12.7 Å². The summed E-state index contributed by atoms with van der Waals surface area (Å²) in [7, 11) is 0. The minimum atomic E-state index is -2.96. The number of rotatable bonds is 3. The normalized spacial score (nSPS) is 15.5. The van der Waals surface area contributed by atoms with Crippen LogP contribution in [0.4, 0.5) is 19.3 Å². The number of benzene rings is 1. The summed E-state index contributed by atoms with van der Waals surface area (Å²) in [4.78, 5) is 23.1. The molecule has 0 unspecified atom stereocenters. The maximum Gasteiger partial charge on any atom is 0.412 e. The Morgan fingerprint density at radius 3 is 2.88 bits per heavy atom. The lowest BCUT2D eigenvalue weighted by Gasteiger charge is -2.32. The maximum absolute atomic E-state index is 12.6. The average molecular weight is 360 g/mol. The van der Waals surface area contributed by atoms with Crippen molar-refractivity contribution in [3.63, 3.8) is 0 Å². The molecule has 0 fully saturated rings. The largest absolute Gasteiger partial charge is 0.438 e. The number of cyclic esters (lactones) is 1. The van der Waals surface area contributed by atoms with E-state index in [1.165, 1.54) is 18.5 Å². The Morgan fingerprint density at radius 1 is 1.31 bits per heavy atom. The van der Waals surface area contributed by atoms with Crippen LogP contribution in [-0.2, 0) is 10.3 Å². The molecule has 3 heterocycles. The van der Waals surface area contributed by atoms with E-state index >= 15 is 0 Å². The first-order valence-corrected chi connectivity index (χ1v) is 7.77. The first-order valence-electron chi connectivity index (χ1n) is 7.77. The molecule has 7 nitrogen and oxygen atoms in total. The number of alkyl halides is 2. The van der Waals surface area contributed by atoms with Crippen LogP contribution in [-0.4, -0.2) is 27.7 Å². The molecule has 1 amide bonds. The Bertz CT molecular complexity index is 1020. The molecule has 0 atom stereocenters. The van der Waals surface area contributed by atoms with Crippen molar-refractivity contribution in [1.29, 1.82) is 0 Å². The van der Waals surface area contributed by atoms with Crippen molar-refractivity contribution in [3.8, 4) is 17.1 Å². The van der Waals surface area contributed by atoms with Crippen molar-refractivity contribution >= 4 is 22.8 Å². The maximum atomic E-state index is 12.6. The van der Waals surface area contributed by atoms with Gasteiger partial charge in [-0.05, 0) is 32.0 Å². The van der Waals surface area contributed by atoms with Gasteiger partial charge in [-0.3, -0.25) is 10.3 Å². The molecular weight excluding hydrogens is 346 g/mol. The third kappa shape index (κ3) is 2.71. The third-order valence-corrected chi connectivity index (χ3v) is 4.11. The molecule has 4 rings (SSSR count). The lowest BCUT2D eigenvalue weighted by Crippen LogP contribution is -2.34. The summed E-state index contributed by atoms with van der Waals surface area (Å²) >= 11 is 0. The van der Waals surface area contributed by atoms with Crippen LogP contribution in [0.25, 0.3) is 22.4 Å². The van der Waals surface area contributed by atoms with Crippen LogP contribution < -0.4 is 10.1 Å². The van der Waals surface area contributed by atoms with E-state index in [0.29, 0.717) is 28.1 Å². The lowest BCUT2D eigenvalue weighted by molar-refractivity contribution is -0.0495. The van der Waals surface area contributed by atoms with Gasteiger partial charge in [0.15, 0.2) is 0 Å². The molecule has 1 aromatic carbocycles. The molecule has 2 aromatic heterocycles. The molecule has 1 aliphatic rings. The van der Waals surface area contributed by atoms with Crippen LogP contribution >= 0.6 is 0 Å². The molecule has 2 N–H and O–H groups in total. The monoisotopic (exact) mass is 360 g/mol. The van der Waals surface area contributed by atoms with Gasteiger partial charge in [-0.25, -0.2) is 9.78 Å². The molecular formula is C17H14F2N4O3. The van der Waals surface area contributed by atoms with Crippen LogP contribution in [0, 0.1) is 0 Å².